The predicted molar refractivity (Wildman–Crippen MR) is 70.1 cm³/mol. The summed E-state index contributed by atoms with van der Waals surface area (Å²) < 4.78 is 0. The molecule has 0 saturated heterocycles. The summed E-state index contributed by atoms with van der Waals surface area (Å²) >= 11 is 0. The number of fused-ring (bicyclic) bond motifs is 1. The van der Waals surface area contributed by atoms with Crippen LogP contribution in [-0.2, 0) is 4.79 Å². The molecule has 2 aliphatic rings. The Morgan fingerprint density at radius 1 is 1.44 bits per heavy atom. The van der Waals surface area contributed by atoms with Crippen LogP contribution in [0.15, 0.2) is 11.6 Å². The van der Waals surface area contributed by atoms with Gasteiger partial charge in [0.15, 0.2) is 0 Å². The third kappa shape index (κ3) is 2.09. The van der Waals surface area contributed by atoms with Gasteiger partial charge in [-0.2, -0.15) is 0 Å². The van der Waals surface area contributed by atoms with Crippen molar-refractivity contribution in [3.05, 3.63) is 11.6 Å². The van der Waals surface area contributed by atoms with Crippen LogP contribution in [0.25, 0.3) is 0 Å². The third-order valence-corrected chi connectivity index (χ3v) is 5.17. The minimum atomic E-state index is -0.821. The number of carbonyl (C=O) groups is 1. The van der Waals surface area contributed by atoms with Crippen molar-refractivity contribution in [1.29, 1.82) is 0 Å². The van der Waals surface area contributed by atoms with E-state index in [0.29, 0.717) is 23.8 Å². The Bertz CT molecular complexity index is 372. The van der Waals surface area contributed by atoms with E-state index in [1.165, 1.54) is 0 Å². The summed E-state index contributed by atoms with van der Waals surface area (Å²) in [7, 11) is 0. The number of carboxylic acid groups (broad SMARTS) is 1. The van der Waals surface area contributed by atoms with Crippen LogP contribution in [0.4, 0.5) is 0 Å². The maximum absolute atomic E-state index is 11.1. The van der Waals surface area contributed by atoms with Crippen molar-refractivity contribution in [1.82, 2.24) is 0 Å². The van der Waals surface area contributed by atoms with Gasteiger partial charge in [-0.1, -0.05) is 26.8 Å². The molecule has 4 unspecified atom stereocenters. The monoisotopic (exact) mass is 252 g/mol. The summed E-state index contributed by atoms with van der Waals surface area (Å²) in [5.41, 5.74) is -0.234. The molecule has 0 aromatic rings. The van der Waals surface area contributed by atoms with Crippen LogP contribution < -0.4 is 0 Å². The van der Waals surface area contributed by atoms with E-state index in [0.717, 1.165) is 19.3 Å². The average molecular weight is 252 g/mol. The van der Waals surface area contributed by atoms with Gasteiger partial charge in [-0.05, 0) is 43.4 Å². The molecule has 0 amide bonds. The summed E-state index contributed by atoms with van der Waals surface area (Å²) in [4.78, 5) is 11.1. The van der Waals surface area contributed by atoms with Gasteiger partial charge < -0.3 is 10.2 Å². The van der Waals surface area contributed by atoms with Crippen LogP contribution in [0, 0.1) is 23.7 Å². The minimum Gasteiger partial charge on any atom is -0.478 e. The molecule has 0 aromatic heterocycles. The topological polar surface area (TPSA) is 57.5 Å². The fourth-order valence-corrected chi connectivity index (χ4v) is 3.77. The molecule has 1 saturated carbocycles. The number of hydrogen-bond acceptors (Lipinski definition) is 2. The molecule has 102 valence electrons. The average Bonchev–Trinajstić information content (AvgIpc) is 2.33. The van der Waals surface area contributed by atoms with Crippen molar-refractivity contribution in [3.8, 4) is 0 Å². The fourth-order valence-electron chi connectivity index (χ4n) is 3.77. The highest BCUT2D eigenvalue weighted by molar-refractivity contribution is 5.86. The Labute approximate surface area is 109 Å². The van der Waals surface area contributed by atoms with Crippen molar-refractivity contribution in [3.63, 3.8) is 0 Å². The van der Waals surface area contributed by atoms with Crippen LogP contribution in [-0.4, -0.2) is 21.8 Å². The highest BCUT2D eigenvalue weighted by Gasteiger charge is 2.49. The van der Waals surface area contributed by atoms with Crippen LogP contribution in [0.1, 0.15) is 46.5 Å². The maximum atomic E-state index is 11.1. The second-order valence-electron chi connectivity index (χ2n) is 6.39. The van der Waals surface area contributed by atoms with Gasteiger partial charge in [0.1, 0.15) is 0 Å². The quantitative estimate of drug-likeness (QED) is 0.794. The third-order valence-electron chi connectivity index (χ3n) is 5.17. The van der Waals surface area contributed by atoms with E-state index in [9.17, 15) is 9.90 Å². The van der Waals surface area contributed by atoms with E-state index in [2.05, 4.69) is 6.92 Å². The highest BCUT2D eigenvalue weighted by atomic mass is 16.4. The standard InChI is InChI=1S/C15H24O3/c1-9(2)15(18)7-6-10(3)12-5-4-11(14(16)17)8-13(12)15/h8-10,12-13,18H,4-7H2,1-3H3,(H,16,17). The first-order valence-electron chi connectivity index (χ1n) is 7.02. The number of carboxylic acids is 1. The van der Waals surface area contributed by atoms with Gasteiger partial charge >= 0.3 is 5.97 Å². The van der Waals surface area contributed by atoms with E-state index in [-0.39, 0.29) is 11.8 Å². The van der Waals surface area contributed by atoms with Gasteiger partial charge in [-0.15, -0.1) is 0 Å². The van der Waals surface area contributed by atoms with Gasteiger partial charge in [0.25, 0.3) is 0 Å². The normalized spacial score (nSPS) is 40.3. The molecule has 4 atom stereocenters. The Morgan fingerprint density at radius 2 is 2.11 bits per heavy atom. The summed E-state index contributed by atoms with van der Waals surface area (Å²) in [6, 6.07) is 0. The Balaban J connectivity index is 2.37. The summed E-state index contributed by atoms with van der Waals surface area (Å²) in [6.45, 7) is 6.31. The van der Waals surface area contributed by atoms with Crippen molar-refractivity contribution in [2.24, 2.45) is 23.7 Å². The van der Waals surface area contributed by atoms with E-state index in [1.807, 2.05) is 19.9 Å². The van der Waals surface area contributed by atoms with Gasteiger partial charge in [0, 0.05) is 11.5 Å². The molecule has 2 aliphatic carbocycles. The second-order valence-corrected chi connectivity index (χ2v) is 6.39. The van der Waals surface area contributed by atoms with Crippen LogP contribution in [0.5, 0.6) is 0 Å². The first kappa shape index (κ1) is 13.6. The van der Waals surface area contributed by atoms with Crippen molar-refractivity contribution < 1.29 is 15.0 Å². The molecular weight excluding hydrogens is 228 g/mol. The van der Waals surface area contributed by atoms with E-state index in [1.54, 1.807) is 0 Å². The van der Waals surface area contributed by atoms with E-state index in [4.69, 9.17) is 5.11 Å². The van der Waals surface area contributed by atoms with E-state index < -0.39 is 11.6 Å². The zero-order valence-electron chi connectivity index (χ0n) is 11.5. The Morgan fingerprint density at radius 3 is 2.67 bits per heavy atom. The molecule has 0 aromatic carbocycles. The van der Waals surface area contributed by atoms with Crippen LogP contribution in [0.2, 0.25) is 0 Å². The molecule has 3 heteroatoms. The van der Waals surface area contributed by atoms with Crippen LogP contribution in [0.3, 0.4) is 0 Å². The Hall–Kier alpha value is -0.830. The molecule has 18 heavy (non-hydrogen) atoms. The SMILES string of the molecule is CC1CCC(O)(C(C)C)C2C=C(C(=O)O)CCC12. The molecular formula is C15H24O3. The molecule has 0 aliphatic heterocycles. The summed E-state index contributed by atoms with van der Waals surface area (Å²) in [5.74, 6) is 0.385. The molecule has 0 spiro atoms. The number of hydrogen-bond donors (Lipinski definition) is 2. The van der Waals surface area contributed by atoms with Crippen molar-refractivity contribution in [2.45, 2.75) is 52.1 Å². The summed E-state index contributed by atoms with van der Waals surface area (Å²) in [6.07, 6.45) is 5.24. The van der Waals surface area contributed by atoms with Gasteiger partial charge in [-0.3, -0.25) is 0 Å². The molecule has 1 fully saturated rings. The zero-order chi connectivity index (χ0) is 13.5. The lowest BCUT2D eigenvalue weighted by atomic mass is 9.58. The zero-order valence-corrected chi connectivity index (χ0v) is 11.5. The maximum Gasteiger partial charge on any atom is 0.331 e. The fraction of sp³-hybridized carbons (Fsp3) is 0.800. The lowest BCUT2D eigenvalue weighted by Gasteiger charge is -2.50. The first-order chi connectivity index (χ1) is 8.36. The van der Waals surface area contributed by atoms with Crippen molar-refractivity contribution >= 4 is 5.97 Å². The largest absolute Gasteiger partial charge is 0.478 e. The van der Waals surface area contributed by atoms with Crippen molar-refractivity contribution in [2.75, 3.05) is 0 Å². The van der Waals surface area contributed by atoms with E-state index >= 15 is 0 Å². The molecule has 2 N–H and O–H groups in total. The molecule has 0 heterocycles. The highest BCUT2D eigenvalue weighted by Crippen LogP contribution is 2.50. The molecule has 2 rings (SSSR count). The number of rotatable bonds is 2. The lowest BCUT2D eigenvalue weighted by molar-refractivity contribution is -0.134. The number of aliphatic carboxylic acids is 1. The first-order valence-corrected chi connectivity index (χ1v) is 7.02. The summed E-state index contributed by atoms with van der Waals surface area (Å²) in [5, 5.41) is 20.1. The second kappa shape index (κ2) is 4.69. The predicted octanol–water partition coefficient (Wildman–Crippen LogP) is 2.84. The smallest absolute Gasteiger partial charge is 0.331 e. The van der Waals surface area contributed by atoms with Gasteiger partial charge in [0.05, 0.1) is 5.60 Å². The van der Waals surface area contributed by atoms with Gasteiger partial charge in [0.2, 0.25) is 0 Å². The molecule has 0 bridgehead atoms. The van der Waals surface area contributed by atoms with Gasteiger partial charge in [-0.25, -0.2) is 4.79 Å². The van der Waals surface area contributed by atoms with Crippen LogP contribution >= 0.6 is 0 Å². The minimum absolute atomic E-state index is 0.0149. The number of aliphatic hydroxyl groups is 1. The molecule has 0 radical (unpaired) electrons. The molecule has 3 nitrogen and oxygen atoms in total. The lowest BCUT2D eigenvalue weighted by Crippen LogP contribution is -2.51. The Kier molecular flexibility index (Phi) is 3.54.